The summed E-state index contributed by atoms with van der Waals surface area (Å²) in [6, 6.07) is 87.4. The van der Waals surface area contributed by atoms with Crippen LogP contribution in [0.3, 0.4) is 0 Å². The molecule has 0 bridgehead atoms. The molecule has 0 aliphatic rings. The van der Waals surface area contributed by atoms with Gasteiger partial charge in [-0.05, 0) is 106 Å². The van der Waals surface area contributed by atoms with E-state index in [0.717, 1.165) is 56.1 Å². The van der Waals surface area contributed by atoms with E-state index in [1.807, 2.05) is 23.5 Å². The molecule has 3 nitrogen and oxygen atoms in total. The molecule has 11 aromatic carbocycles. The zero-order valence-corrected chi connectivity index (χ0v) is 36.6. The van der Waals surface area contributed by atoms with E-state index in [0.29, 0.717) is 0 Å². The third kappa shape index (κ3) is 6.26. The van der Waals surface area contributed by atoms with Crippen LogP contribution in [0.25, 0.3) is 85.9 Å². The fraction of sp³-hybridized carbons (Fsp3) is 0. The Balaban J connectivity index is 0.924. The van der Waals surface area contributed by atoms with Crippen LogP contribution in [0.1, 0.15) is 0 Å². The molecule has 0 amide bonds. The molecule has 0 aliphatic carbocycles. The van der Waals surface area contributed by atoms with Crippen LogP contribution >= 0.6 is 11.3 Å². The molecule has 0 aliphatic heterocycles. The van der Waals surface area contributed by atoms with Crippen molar-refractivity contribution < 1.29 is 4.42 Å². The van der Waals surface area contributed by atoms with Gasteiger partial charge in [-0.15, -0.1) is 11.3 Å². The molecule has 0 atom stereocenters. The van der Waals surface area contributed by atoms with Crippen molar-refractivity contribution in [3.05, 3.63) is 243 Å². The Hall–Kier alpha value is -8.44. The molecule has 13 aromatic rings. The quantitative estimate of drug-likeness (QED) is 0.142. The van der Waals surface area contributed by atoms with Crippen molar-refractivity contribution in [2.45, 2.75) is 0 Å². The minimum absolute atomic E-state index is 0.875. The topological polar surface area (TPSA) is 19.6 Å². The first-order valence-corrected chi connectivity index (χ1v) is 23.2. The van der Waals surface area contributed by atoms with E-state index in [2.05, 4.69) is 240 Å². The van der Waals surface area contributed by atoms with E-state index in [1.165, 1.54) is 64.0 Å². The molecule has 0 N–H and O–H groups in total. The van der Waals surface area contributed by atoms with Crippen LogP contribution in [0, 0.1) is 0 Å². The number of anilines is 6. The highest BCUT2D eigenvalue weighted by Crippen LogP contribution is 2.48. The summed E-state index contributed by atoms with van der Waals surface area (Å²) in [5, 5.41) is 9.88. The van der Waals surface area contributed by atoms with Gasteiger partial charge in [0.1, 0.15) is 5.58 Å². The molecule has 4 heteroatoms. The normalized spacial score (nSPS) is 11.6. The number of hydrogen-bond acceptors (Lipinski definition) is 4. The van der Waals surface area contributed by atoms with Crippen molar-refractivity contribution in [1.29, 1.82) is 0 Å². The second-order valence-electron chi connectivity index (χ2n) is 16.8. The van der Waals surface area contributed by atoms with Gasteiger partial charge in [0, 0.05) is 64.6 Å². The highest BCUT2D eigenvalue weighted by Gasteiger charge is 2.22. The molecule has 0 radical (unpaired) electrons. The molecule has 66 heavy (non-hydrogen) atoms. The number of hydrogen-bond donors (Lipinski definition) is 0. The van der Waals surface area contributed by atoms with E-state index in [-0.39, 0.29) is 0 Å². The number of thiophene rings is 1. The van der Waals surface area contributed by atoms with Crippen LogP contribution in [-0.2, 0) is 0 Å². The van der Waals surface area contributed by atoms with Crippen LogP contribution in [-0.4, -0.2) is 0 Å². The van der Waals surface area contributed by atoms with Gasteiger partial charge < -0.3 is 14.2 Å². The second-order valence-corrected chi connectivity index (χ2v) is 17.9. The molecular formula is C62H40N2OS. The molecule has 2 aromatic heterocycles. The third-order valence-electron chi connectivity index (χ3n) is 13.0. The molecule has 13 rings (SSSR count). The summed E-state index contributed by atoms with van der Waals surface area (Å²) in [5.74, 6) is 0. The fourth-order valence-corrected chi connectivity index (χ4v) is 11.3. The van der Waals surface area contributed by atoms with E-state index in [1.54, 1.807) is 0 Å². The Morgan fingerprint density at radius 3 is 1.65 bits per heavy atom. The van der Waals surface area contributed by atoms with E-state index in [9.17, 15) is 0 Å². The SMILES string of the molecule is c1ccc(-c2ccccc2N(c2ccccc2)c2ccc3c(c2)c2ccccc2c2c4ccc(-c5ccc(N(c6ccccc6)c6cccc7c6oc6ccccc67)cc5)cc4sc32)cc1. The van der Waals surface area contributed by atoms with E-state index in [4.69, 9.17) is 4.42 Å². The maximum Gasteiger partial charge on any atom is 0.159 e. The predicted molar refractivity (Wildman–Crippen MR) is 282 cm³/mol. The fourth-order valence-electron chi connectivity index (χ4n) is 10.0. The Labute approximate surface area is 386 Å². The van der Waals surface area contributed by atoms with Crippen LogP contribution in [0.4, 0.5) is 34.1 Å². The molecule has 0 unspecified atom stereocenters. The van der Waals surface area contributed by atoms with Gasteiger partial charge in [-0.25, -0.2) is 0 Å². The minimum atomic E-state index is 0.875. The van der Waals surface area contributed by atoms with Crippen LogP contribution in [0.5, 0.6) is 0 Å². The summed E-state index contributed by atoms with van der Waals surface area (Å²) in [7, 11) is 0. The van der Waals surface area contributed by atoms with Crippen molar-refractivity contribution in [3.8, 4) is 22.3 Å². The zero-order chi connectivity index (χ0) is 43.6. The lowest BCUT2D eigenvalue weighted by Crippen LogP contribution is -2.11. The van der Waals surface area contributed by atoms with Crippen molar-refractivity contribution in [2.75, 3.05) is 9.80 Å². The summed E-state index contributed by atoms with van der Waals surface area (Å²) >= 11 is 1.89. The van der Waals surface area contributed by atoms with Gasteiger partial charge in [0.15, 0.2) is 5.58 Å². The number of rotatable bonds is 8. The molecule has 0 fully saturated rings. The third-order valence-corrected chi connectivity index (χ3v) is 14.2. The molecule has 0 spiro atoms. The second kappa shape index (κ2) is 15.7. The van der Waals surface area contributed by atoms with Crippen molar-refractivity contribution in [2.24, 2.45) is 0 Å². The standard InChI is InChI=1S/C62H40N2OS/c1-4-17-42(18-5-1)48-23-12-14-28-56(48)64(45-21-8-3-9-22-45)47-36-38-53-55(40-47)49-24-10-11-26-51(49)60-54-37-33-43(39-59(54)66-62(53)60)41-31-34-46(35-32-41)63(44-19-6-2-7-20-44)57-29-16-27-52-50-25-13-15-30-58(50)65-61(52)57/h1-40H. The van der Waals surface area contributed by atoms with Crippen molar-refractivity contribution in [1.82, 2.24) is 0 Å². The Bertz CT molecular complexity index is 3930. The average molecular weight is 861 g/mol. The lowest BCUT2D eigenvalue weighted by atomic mass is 9.95. The Kier molecular flexibility index (Phi) is 9.03. The lowest BCUT2D eigenvalue weighted by molar-refractivity contribution is 0.669. The molecular weight excluding hydrogens is 821 g/mol. The van der Waals surface area contributed by atoms with Crippen LogP contribution in [0.15, 0.2) is 247 Å². The van der Waals surface area contributed by atoms with Crippen molar-refractivity contribution in [3.63, 3.8) is 0 Å². The van der Waals surface area contributed by atoms with Gasteiger partial charge in [0.2, 0.25) is 0 Å². The van der Waals surface area contributed by atoms with Crippen LogP contribution < -0.4 is 9.80 Å². The highest BCUT2D eigenvalue weighted by atomic mass is 32.1. The number of benzene rings is 11. The summed E-state index contributed by atoms with van der Waals surface area (Å²) in [6.07, 6.45) is 0. The van der Waals surface area contributed by atoms with Gasteiger partial charge >= 0.3 is 0 Å². The number of para-hydroxylation sites is 5. The number of nitrogens with zero attached hydrogens (tertiary/aromatic N) is 2. The summed E-state index contributed by atoms with van der Waals surface area (Å²) in [5.41, 5.74) is 13.0. The molecule has 0 saturated heterocycles. The maximum absolute atomic E-state index is 6.55. The summed E-state index contributed by atoms with van der Waals surface area (Å²) < 4.78 is 9.14. The predicted octanol–water partition coefficient (Wildman–Crippen LogP) is 18.5. The first-order valence-electron chi connectivity index (χ1n) is 22.4. The highest BCUT2D eigenvalue weighted by molar-refractivity contribution is 7.27. The summed E-state index contributed by atoms with van der Waals surface area (Å²) in [6.45, 7) is 0. The maximum atomic E-state index is 6.55. The van der Waals surface area contributed by atoms with E-state index < -0.39 is 0 Å². The van der Waals surface area contributed by atoms with Gasteiger partial charge in [0.25, 0.3) is 0 Å². The van der Waals surface area contributed by atoms with Crippen molar-refractivity contribution >= 4 is 109 Å². The van der Waals surface area contributed by atoms with Gasteiger partial charge in [0.05, 0.1) is 11.4 Å². The first-order chi connectivity index (χ1) is 32.7. The van der Waals surface area contributed by atoms with Gasteiger partial charge in [-0.3, -0.25) is 0 Å². The Morgan fingerprint density at radius 2 is 0.879 bits per heavy atom. The van der Waals surface area contributed by atoms with Gasteiger partial charge in [-0.2, -0.15) is 0 Å². The first kappa shape index (κ1) is 38.1. The minimum Gasteiger partial charge on any atom is -0.454 e. The largest absolute Gasteiger partial charge is 0.454 e. The van der Waals surface area contributed by atoms with E-state index >= 15 is 0 Å². The molecule has 310 valence electrons. The van der Waals surface area contributed by atoms with Gasteiger partial charge in [-0.1, -0.05) is 170 Å². The summed E-state index contributed by atoms with van der Waals surface area (Å²) in [4.78, 5) is 4.70. The Morgan fingerprint density at radius 1 is 0.318 bits per heavy atom. The zero-order valence-electron chi connectivity index (χ0n) is 35.8. The molecule has 2 heterocycles. The number of furan rings is 1. The molecule has 0 saturated carbocycles. The average Bonchev–Trinajstić information content (AvgIpc) is 3.97. The van der Waals surface area contributed by atoms with Crippen LogP contribution in [0.2, 0.25) is 0 Å². The monoisotopic (exact) mass is 860 g/mol. The lowest BCUT2D eigenvalue weighted by Gasteiger charge is -2.28. The number of fused-ring (bicyclic) bond motifs is 11. The smallest absolute Gasteiger partial charge is 0.159 e.